The number of hydrogen-bond donors (Lipinski definition) is 1. The second kappa shape index (κ2) is 6.55. The van der Waals surface area contributed by atoms with Crippen molar-refractivity contribution in [2.75, 3.05) is 19.0 Å². The van der Waals surface area contributed by atoms with Crippen molar-refractivity contribution in [1.29, 1.82) is 0 Å². The summed E-state index contributed by atoms with van der Waals surface area (Å²) in [4.78, 5) is 2.30. The highest BCUT2D eigenvalue weighted by Crippen LogP contribution is 2.28. The van der Waals surface area contributed by atoms with Crippen LogP contribution >= 0.6 is 27.3 Å². The first-order valence-electron chi connectivity index (χ1n) is 6.32. The van der Waals surface area contributed by atoms with Crippen LogP contribution in [-0.2, 0) is 6.54 Å². The third kappa shape index (κ3) is 3.59. The van der Waals surface area contributed by atoms with Crippen LogP contribution in [0.5, 0.6) is 0 Å². The van der Waals surface area contributed by atoms with Crippen molar-refractivity contribution in [3.8, 4) is 0 Å². The summed E-state index contributed by atoms with van der Waals surface area (Å²) >= 11 is 5.25. The summed E-state index contributed by atoms with van der Waals surface area (Å²) in [6.45, 7) is 3.11. The van der Waals surface area contributed by atoms with E-state index in [1.165, 1.54) is 20.6 Å². The number of rotatable bonds is 5. The van der Waals surface area contributed by atoms with E-state index in [0.29, 0.717) is 6.04 Å². The lowest BCUT2D eigenvalue weighted by atomic mass is 10.1. The molecule has 1 heterocycles. The minimum Gasteiger partial charge on any atom is -0.370 e. The Balaban J connectivity index is 2.21. The van der Waals surface area contributed by atoms with Gasteiger partial charge >= 0.3 is 0 Å². The first kappa shape index (κ1) is 14.6. The fraction of sp³-hybridized carbons (Fsp3) is 0.333. The van der Waals surface area contributed by atoms with Gasteiger partial charge < -0.3 is 10.2 Å². The largest absolute Gasteiger partial charge is 0.370 e. The molecule has 1 atom stereocenters. The Labute approximate surface area is 127 Å². The Bertz CT molecular complexity index is 538. The maximum absolute atomic E-state index is 3.52. The summed E-state index contributed by atoms with van der Waals surface area (Å²) in [6.07, 6.45) is 0. The maximum atomic E-state index is 3.52. The van der Waals surface area contributed by atoms with Gasteiger partial charge in [-0.1, -0.05) is 18.2 Å². The van der Waals surface area contributed by atoms with Crippen LogP contribution in [0, 0.1) is 0 Å². The molecular weight excluding hydrogens is 320 g/mol. The monoisotopic (exact) mass is 338 g/mol. The van der Waals surface area contributed by atoms with E-state index in [4.69, 9.17) is 0 Å². The minimum atomic E-state index is 0.355. The molecule has 1 aromatic heterocycles. The number of benzene rings is 1. The van der Waals surface area contributed by atoms with Crippen LogP contribution in [0.3, 0.4) is 0 Å². The van der Waals surface area contributed by atoms with E-state index >= 15 is 0 Å². The van der Waals surface area contributed by atoms with Gasteiger partial charge in [0.2, 0.25) is 0 Å². The first-order chi connectivity index (χ1) is 9.11. The molecule has 2 rings (SSSR count). The van der Waals surface area contributed by atoms with Gasteiger partial charge in [0.15, 0.2) is 0 Å². The zero-order valence-electron chi connectivity index (χ0n) is 11.5. The molecule has 1 N–H and O–H groups in total. The second-order valence-electron chi connectivity index (χ2n) is 4.68. The van der Waals surface area contributed by atoms with Crippen LogP contribution in [0.4, 0.5) is 5.69 Å². The van der Waals surface area contributed by atoms with E-state index in [9.17, 15) is 0 Å². The number of nitrogens with one attached hydrogen (secondary N) is 1. The molecule has 0 aliphatic heterocycles. The van der Waals surface area contributed by atoms with E-state index in [0.717, 1.165) is 6.54 Å². The van der Waals surface area contributed by atoms with E-state index in [-0.39, 0.29) is 0 Å². The highest BCUT2D eigenvalue weighted by molar-refractivity contribution is 9.11. The molecule has 0 fully saturated rings. The maximum Gasteiger partial charge on any atom is 0.0701 e. The van der Waals surface area contributed by atoms with Crippen LogP contribution in [-0.4, -0.2) is 14.1 Å². The standard InChI is InChI=1S/C15H19BrN2S/c1-11(17-2)13-6-4-5-7-14(13)18(3)9-12-8-15(16)19-10-12/h4-8,10-11,17H,9H2,1-3H3. The molecule has 4 heteroatoms. The average Bonchev–Trinajstić information content (AvgIpc) is 2.83. The fourth-order valence-electron chi connectivity index (χ4n) is 2.14. The fourth-order valence-corrected chi connectivity index (χ4v) is 3.34. The number of nitrogens with zero attached hydrogens (tertiary/aromatic N) is 1. The molecule has 102 valence electrons. The second-order valence-corrected chi connectivity index (χ2v) is 6.97. The number of anilines is 1. The van der Waals surface area contributed by atoms with Crippen LogP contribution in [0.2, 0.25) is 0 Å². The SMILES string of the molecule is CNC(C)c1ccccc1N(C)Cc1csc(Br)c1. The summed E-state index contributed by atoms with van der Waals surface area (Å²) in [5.74, 6) is 0. The Morgan fingerprint density at radius 1 is 1.37 bits per heavy atom. The Kier molecular flexibility index (Phi) is 5.02. The third-order valence-corrected chi connectivity index (χ3v) is 4.84. The van der Waals surface area contributed by atoms with Gasteiger partial charge in [0.1, 0.15) is 0 Å². The lowest BCUT2D eigenvalue weighted by Gasteiger charge is -2.24. The molecule has 0 saturated heterocycles. The molecule has 0 radical (unpaired) electrons. The van der Waals surface area contributed by atoms with Gasteiger partial charge in [0.05, 0.1) is 3.79 Å². The number of thiophene rings is 1. The lowest BCUT2D eigenvalue weighted by Crippen LogP contribution is -2.21. The van der Waals surface area contributed by atoms with Crippen molar-refractivity contribution < 1.29 is 0 Å². The summed E-state index contributed by atoms with van der Waals surface area (Å²) in [5, 5.41) is 5.51. The Morgan fingerprint density at radius 2 is 2.11 bits per heavy atom. The van der Waals surface area contributed by atoms with Crippen molar-refractivity contribution in [2.45, 2.75) is 19.5 Å². The summed E-state index contributed by atoms with van der Waals surface area (Å²) in [5.41, 5.74) is 3.96. The van der Waals surface area contributed by atoms with E-state index < -0.39 is 0 Å². The van der Waals surface area contributed by atoms with Gasteiger partial charge in [-0.05, 0) is 58.5 Å². The molecule has 1 aromatic carbocycles. The topological polar surface area (TPSA) is 15.3 Å². The predicted octanol–water partition coefficient (Wildman–Crippen LogP) is 4.43. The van der Waals surface area contributed by atoms with Gasteiger partial charge in [-0.3, -0.25) is 0 Å². The van der Waals surface area contributed by atoms with Crippen molar-refractivity contribution >= 4 is 33.0 Å². The van der Waals surface area contributed by atoms with Crippen molar-refractivity contribution in [3.05, 3.63) is 50.6 Å². The zero-order valence-corrected chi connectivity index (χ0v) is 13.9. The van der Waals surface area contributed by atoms with Crippen molar-refractivity contribution in [2.24, 2.45) is 0 Å². The summed E-state index contributed by atoms with van der Waals surface area (Å²) in [7, 11) is 4.14. The van der Waals surface area contributed by atoms with Gasteiger partial charge in [-0.25, -0.2) is 0 Å². The van der Waals surface area contributed by atoms with Crippen LogP contribution < -0.4 is 10.2 Å². The predicted molar refractivity (Wildman–Crippen MR) is 88.0 cm³/mol. The molecule has 2 aromatic rings. The van der Waals surface area contributed by atoms with Gasteiger partial charge in [-0.2, -0.15) is 0 Å². The quantitative estimate of drug-likeness (QED) is 0.867. The van der Waals surface area contributed by atoms with Gasteiger partial charge in [-0.15, -0.1) is 11.3 Å². The number of halogens is 1. The molecule has 2 nitrogen and oxygen atoms in total. The molecule has 0 spiro atoms. The molecule has 0 bridgehead atoms. The average molecular weight is 339 g/mol. The molecule has 1 unspecified atom stereocenters. The molecule has 0 aliphatic rings. The van der Waals surface area contributed by atoms with Crippen LogP contribution in [0.25, 0.3) is 0 Å². The van der Waals surface area contributed by atoms with Crippen LogP contribution in [0.1, 0.15) is 24.1 Å². The molecule has 0 saturated carbocycles. The molecular formula is C15H19BrN2S. The third-order valence-electron chi connectivity index (χ3n) is 3.29. The highest BCUT2D eigenvalue weighted by Gasteiger charge is 2.12. The Morgan fingerprint density at radius 3 is 2.74 bits per heavy atom. The van der Waals surface area contributed by atoms with Crippen molar-refractivity contribution in [1.82, 2.24) is 5.32 Å². The lowest BCUT2D eigenvalue weighted by molar-refractivity contribution is 0.649. The molecule has 19 heavy (non-hydrogen) atoms. The van der Waals surface area contributed by atoms with E-state index in [1.807, 2.05) is 7.05 Å². The molecule has 0 aliphatic carbocycles. The van der Waals surface area contributed by atoms with Gasteiger partial charge in [0.25, 0.3) is 0 Å². The summed E-state index contributed by atoms with van der Waals surface area (Å²) in [6, 6.07) is 11.1. The highest BCUT2D eigenvalue weighted by atomic mass is 79.9. The summed E-state index contributed by atoms with van der Waals surface area (Å²) < 4.78 is 1.19. The smallest absolute Gasteiger partial charge is 0.0701 e. The van der Waals surface area contributed by atoms with E-state index in [1.54, 1.807) is 11.3 Å². The number of hydrogen-bond acceptors (Lipinski definition) is 3. The molecule has 0 amide bonds. The first-order valence-corrected chi connectivity index (χ1v) is 7.99. The van der Waals surface area contributed by atoms with Crippen molar-refractivity contribution in [3.63, 3.8) is 0 Å². The Hall–Kier alpha value is -0.840. The van der Waals surface area contributed by atoms with Gasteiger partial charge in [0, 0.05) is 25.3 Å². The normalized spacial score (nSPS) is 12.4. The van der Waals surface area contributed by atoms with Crippen LogP contribution in [0.15, 0.2) is 39.5 Å². The number of para-hydroxylation sites is 1. The zero-order chi connectivity index (χ0) is 13.8. The minimum absolute atomic E-state index is 0.355. The van der Waals surface area contributed by atoms with E-state index in [2.05, 4.69) is 75.8 Å².